The van der Waals surface area contributed by atoms with Gasteiger partial charge in [-0.15, -0.1) is 0 Å². The summed E-state index contributed by atoms with van der Waals surface area (Å²) in [5.74, 6) is -0.124. The van der Waals surface area contributed by atoms with Crippen molar-refractivity contribution in [2.24, 2.45) is 5.73 Å². The lowest BCUT2D eigenvalue weighted by molar-refractivity contribution is -0.127. The molecule has 0 unspecified atom stereocenters. The Bertz CT molecular complexity index is 593. The number of nitrogens with one attached hydrogen (secondary N) is 3. The van der Waals surface area contributed by atoms with Crippen molar-refractivity contribution in [2.45, 2.75) is 70.0 Å². The molecule has 0 saturated heterocycles. The number of hydrogen-bond acceptors (Lipinski definition) is 3. The fraction of sp³-hybridized carbons (Fsp3) is 0.600. The van der Waals surface area contributed by atoms with Crippen molar-refractivity contribution < 1.29 is 9.59 Å². The van der Waals surface area contributed by atoms with Crippen LogP contribution >= 0.6 is 0 Å². The summed E-state index contributed by atoms with van der Waals surface area (Å²) < 4.78 is 0. The molecule has 1 aromatic rings. The summed E-state index contributed by atoms with van der Waals surface area (Å²) in [5, 5.41) is 8.76. The van der Waals surface area contributed by atoms with Gasteiger partial charge in [0.05, 0.1) is 0 Å². The minimum Gasteiger partial charge on any atom is -0.352 e. The van der Waals surface area contributed by atoms with Crippen LogP contribution < -0.4 is 21.7 Å². The third kappa shape index (κ3) is 5.21. The topological polar surface area (TPSA) is 96.2 Å². The first-order chi connectivity index (χ1) is 12.4. The van der Waals surface area contributed by atoms with Gasteiger partial charge in [0.25, 0.3) is 0 Å². The molecule has 1 fully saturated rings. The van der Waals surface area contributed by atoms with Crippen LogP contribution in [0.1, 0.15) is 57.9 Å². The van der Waals surface area contributed by atoms with Crippen LogP contribution in [0.25, 0.3) is 0 Å². The zero-order valence-corrected chi connectivity index (χ0v) is 15.9. The van der Waals surface area contributed by atoms with Crippen molar-refractivity contribution >= 4 is 11.9 Å². The molecule has 1 aliphatic carbocycles. The molecular weight excluding hydrogens is 328 g/mol. The van der Waals surface area contributed by atoms with Crippen LogP contribution in [0.15, 0.2) is 30.3 Å². The highest BCUT2D eigenvalue weighted by Crippen LogP contribution is 2.30. The maximum atomic E-state index is 12.8. The van der Waals surface area contributed by atoms with E-state index in [0.717, 1.165) is 31.2 Å². The molecule has 5 N–H and O–H groups in total. The van der Waals surface area contributed by atoms with E-state index in [-0.39, 0.29) is 11.9 Å². The van der Waals surface area contributed by atoms with Crippen molar-refractivity contribution in [3.63, 3.8) is 0 Å². The van der Waals surface area contributed by atoms with Crippen LogP contribution in [-0.4, -0.2) is 29.6 Å². The summed E-state index contributed by atoms with van der Waals surface area (Å²) in [7, 11) is 0. The Hall–Kier alpha value is -2.08. The molecule has 26 heavy (non-hydrogen) atoms. The van der Waals surface area contributed by atoms with Gasteiger partial charge in [0, 0.05) is 18.6 Å². The third-order valence-corrected chi connectivity index (χ3v) is 5.55. The summed E-state index contributed by atoms with van der Waals surface area (Å²) in [4.78, 5) is 25.2. The largest absolute Gasteiger partial charge is 0.352 e. The van der Waals surface area contributed by atoms with Gasteiger partial charge in [-0.05, 0) is 31.2 Å². The molecule has 0 radical (unpaired) electrons. The molecule has 2 rings (SSSR count). The van der Waals surface area contributed by atoms with Gasteiger partial charge in [-0.25, -0.2) is 4.79 Å². The van der Waals surface area contributed by atoms with Crippen molar-refractivity contribution in [3.05, 3.63) is 35.9 Å². The van der Waals surface area contributed by atoms with E-state index in [1.807, 2.05) is 44.2 Å². The van der Waals surface area contributed by atoms with Crippen LogP contribution in [0.2, 0.25) is 0 Å². The number of hydrogen-bond donors (Lipinski definition) is 4. The second-order valence-corrected chi connectivity index (χ2v) is 7.33. The van der Waals surface area contributed by atoms with Crippen molar-refractivity contribution in [2.75, 3.05) is 6.54 Å². The average molecular weight is 361 g/mol. The van der Waals surface area contributed by atoms with Gasteiger partial charge in [-0.3, -0.25) is 4.79 Å². The van der Waals surface area contributed by atoms with Gasteiger partial charge < -0.3 is 21.7 Å². The molecule has 0 spiro atoms. The Labute approximate surface area is 156 Å². The summed E-state index contributed by atoms with van der Waals surface area (Å²) in [6.07, 6.45) is 4.77. The number of carbonyl (C=O) groups is 2. The van der Waals surface area contributed by atoms with Crippen LogP contribution in [0.3, 0.4) is 0 Å². The van der Waals surface area contributed by atoms with Gasteiger partial charge >= 0.3 is 6.03 Å². The Kier molecular flexibility index (Phi) is 7.03. The maximum Gasteiger partial charge on any atom is 0.315 e. The molecule has 0 atom stereocenters. The molecule has 1 aliphatic rings. The number of urea groups is 1. The standard InChI is InChI=1S/C20H32N4O2/c1-3-19(21,4-2)15-23-17(25)20(12-8-9-13-20)24-18(26)22-14-16-10-6-5-7-11-16/h5-7,10-11H,3-4,8-9,12-15,21H2,1-2H3,(H,23,25)(H2,22,24,26). The van der Waals surface area contributed by atoms with Crippen molar-refractivity contribution in [1.82, 2.24) is 16.0 Å². The average Bonchev–Trinajstić information content (AvgIpc) is 3.14. The van der Waals surface area contributed by atoms with E-state index in [9.17, 15) is 9.59 Å². The molecule has 0 aliphatic heterocycles. The van der Waals surface area contributed by atoms with Gasteiger partial charge in [-0.1, -0.05) is 57.0 Å². The monoisotopic (exact) mass is 360 g/mol. The number of carbonyl (C=O) groups excluding carboxylic acids is 2. The second kappa shape index (κ2) is 9.03. The van der Waals surface area contributed by atoms with Gasteiger partial charge in [-0.2, -0.15) is 0 Å². The number of rotatable bonds is 8. The highest BCUT2D eigenvalue weighted by Gasteiger charge is 2.42. The van der Waals surface area contributed by atoms with Crippen LogP contribution in [0.4, 0.5) is 4.79 Å². The van der Waals surface area contributed by atoms with E-state index in [1.54, 1.807) is 0 Å². The minimum absolute atomic E-state index is 0.124. The van der Waals surface area contributed by atoms with Crippen molar-refractivity contribution in [3.8, 4) is 0 Å². The van der Waals surface area contributed by atoms with E-state index in [4.69, 9.17) is 5.73 Å². The second-order valence-electron chi connectivity index (χ2n) is 7.33. The highest BCUT2D eigenvalue weighted by atomic mass is 16.2. The fourth-order valence-electron chi connectivity index (χ4n) is 3.35. The lowest BCUT2D eigenvalue weighted by Crippen LogP contribution is -2.61. The molecule has 3 amide bonds. The molecule has 0 heterocycles. The minimum atomic E-state index is -0.830. The van der Waals surface area contributed by atoms with Gasteiger partial charge in [0.15, 0.2) is 0 Å². The summed E-state index contributed by atoms with van der Waals surface area (Å²) in [5.41, 5.74) is 6.08. The molecule has 6 heteroatoms. The smallest absolute Gasteiger partial charge is 0.315 e. The fourth-order valence-corrected chi connectivity index (χ4v) is 3.35. The Morgan fingerprint density at radius 3 is 2.27 bits per heavy atom. The van der Waals surface area contributed by atoms with Crippen LogP contribution in [0, 0.1) is 0 Å². The van der Waals surface area contributed by atoms with Crippen LogP contribution in [-0.2, 0) is 11.3 Å². The predicted molar refractivity (Wildman–Crippen MR) is 104 cm³/mol. The first kappa shape index (κ1) is 20.2. The molecule has 1 saturated carbocycles. The quantitative estimate of drug-likeness (QED) is 0.573. The predicted octanol–water partition coefficient (Wildman–Crippen LogP) is 2.43. The van der Waals surface area contributed by atoms with Crippen LogP contribution in [0.5, 0.6) is 0 Å². The number of amides is 3. The van der Waals surface area contributed by atoms with E-state index in [0.29, 0.717) is 25.9 Å². The number of benzene rings is 1. The zero-order valence-electron chi connectivity index (χ0n) is 15.9. The third-order valence-electron chi connectivity index (χ3n) is 5.55. The van der Waals surface area contributed by atoms with Crippen molar-refractivity contribution in [1.29, 1.82) is 0 Å². The van der Waals surface area contributed by atoms with E-state index >= 15 is 0 Å². The van der Waals surface area contributed by atoms with E-state index < -0.39 is 11.1 Å². The maximum absolute atomic E-state index is 12.8. The van der Waals surface area contributed by atoms with Gasteiger partial charge in [0.1, 0.15) is 5.54 Å². The summed E-state index contributed by atoms with van der Waals surface area (Å²) in [6, 6.07) is 9.40. The molecule has 6 nitrogen and oxygen atoms in total. The first-order valence-corrected chi connectivity index (χ1v) is 9.60. The summed E-state index contributed by atoms with van der Waals surface area (Å²) in [6.45, 7) is 4.91. The first-order valence-electron chi connectivity index (χ1n) is 9.60. The lowest BCUT2D eigenvalue weighted by Gasteiger charge is -2.32. The van der Waals surface area contributed by atoms with Gasteiger partial charge in [0.2, 0.25) is 5.91 Å². The molecule has 1 aromatic carbocycles. The Morgan fingerprint density at radius 1 is 1.08 bits per heavy atom. The number of nitrogens with two attached hydrogens (primary N) is 1. The van der Waals surface area contributed by atoms with E-state index in [1.165, 1.54) is 0 Å². The molecule has 0 aromatic heterocycles. The Morgan fingerprint density at radius 2 is 1.69 bits per heavy atom. The summed E-state index contributed by atoms with van der Waals surface area (Å²) >= 11 is 0. The normalized spacial score (nSPS) is 16.1. The molecule has 0 bridgehead atoms. The SMILES string of the molecule is CCC(N)(CC)CNC(=O)C1(NC(=O)NCc2ccccc2)CCCC1. The molecule has 144 valence electrons. The highest BCUT2D eigenvalue weighted by molar-refractivity contribution is 5.91. The van der Waals surface area contributed by atoms with E-state index in [2.05, 4.69) is 16.0 Å². The Balaban J connectivity index is 1.93. The zero-order chi connectivity index (χ0) is 19.0. The molecular formula is C20H32N4O2. The lowest BCUT2D eigenvalue weighted by atomic mass is 9.92.